The number of hydrogen-bond donors (Lipinski definition) is 4. The van der Waals surface area contributed by atoms with Gasteiger partial charge in [0.15, 0.2) is 0 Å². The van der Waals surface area contributed by atoms with Gasteiger partial charge in [-0.3, -0.25) is 19.3 Å². The quantitative estimate of drug-likeness (QED) is 0.113. The number of alkyl halides is 3. The third kappa shape index (κ3) is 12.4. The van der Waals surface area contributed by atoms with Gasteiger partial charge < -0.3 is 26.0 Å². The Hall–Kier alpha value is -5.02. The number of aliphatic hydroxyl groups excluding tert-OH is 1. The Morgan fingerprint density at radius 2 is 1.60 bits per heavy atom. The molecule has 3 aliphatic heterocycles. The Labute approximate surface area is 394 Å². The van der Waals surface area contributed by atoms with Crippen LogP contribution >= 0.6 is 11.3 Å². The summed E-state index contributed by atoms with van der Waals surface area (Å²) in [6.45, 7) is 11.8. The first-order valence-corrected chi connectivity index (χ1v) is 25.0. The molecule has 0 spiro atoms. The van der Waals surface area contributed by atoms with E-state index in [0.29, 0.717) is 32.5 Å². The number of sulfonamides is 1. The van der Waals surface area contributed by atoms with Crippen molar-refractivity contribution in [3.8, 4) is 10.4 Å². The number of thiazole rings is 1. The second-order valence-corrected chi connectivity index (χ2v) is 21.9. The molecular formula is C47H60F3N9O6S2. The van der Waals surface area contributed by atoms with E-state index in [1.165, 1.54) is 9.21 Å². The molecule has 0 bridgehead atoms. The maximum absolute atomic E-state index is 14.2. The molecule has 0 aliphatic carbocycles. The number of halogens is 3. The zero-order valence-corrected chi connectivity index (χ0v) is 40.1. The van der Waals surface area contributed by atoms with E-state index < -0.39 is 51.3 Å². The molecule has 3 amide bonds. The van der Waals surface area contributed by atoms with Gasteiger partial charge in [0.25, 0.3) is 0 Å². The molecule has 362 valence electrons. The van der Waals surface area contributed by atoms with Crippen LogP contribution in [0.3, 0.4) is 0 Å². The van der Waals surface area contributed by atoms with Gasteiger partial charge in [-0.25, -0.2) is 23.4 Å². The van der Waals surface area contributed by atoms with Crippen molar-refractivity contribution in [3.63, 3.8) is 0 Å². The molecule has 2 aromatic carbocycles. The molecule has 3 saturated heterocycles. The monoisotopic (exact) mass is 967 g/mol. The Morgan fingerprint density at radius 1 is 0.925 bits per heavy atom. The molecule has 3 fully saturated rings. The van der Waals surface area contributed by atoms with Gasteiger partial charge in [-0.15, -0.1) is 11.3 Å². The van der Waals surface area contributed by atoms with Gasteiger partial charge in [0.2, 0.25) is 33.7 Å². The van der Waals surface area contributed by atoms with Gasteiger partial charge in [0, 0.05) is 57.5 Å². The van der Waals surface area contributed by atoms with Crippen LogP contribution in [-0.4, -0.2) is 117 Å². The molecule has 0 unspecified atom stereocenters. The number of likely N-dealkylation sites (tertiary alicyclic amines) is 2. The number of rotatable bonds is 14. The van der Waals surface area contributed by atoms with Gasteiger partial charge >= 0.3 is 6.18 Å². The van der Waals surface area contributed by atoms with Crippen molar-refractivity contribution in [1.29, 1.82) is 0 Å². The average Bonchev–Trinajstić information content (AvgIpc) is 3.91. The minimum absolute atomic E-state index is 0.0202. The summed E-state index contributed by atoms with van der Waals surface area (Å²) in [4.78, 5) is 58.4. The highest BCUT2D eigenvalue weighted by Crippen LogP contribution is 2.32. The van der Waals surface area contributed by atoms with Crippen LogP contribution in [0, 0.1) is 18.3 Å². The summed E-state index contributed by atoms with van der Waals surface area (Å²) in [6, 6.07) is 12.4. The zero-order valence-electron chi connectivity index (χ0n) is 38.4. The van der Waals surface area contributed by atoms with Crippen LogP contribution in [0.25, 0.3) is 10.4 Å². The summed E-state index contributed by atoms with van der Waals surface area (Å²) >= 11 is 1.57. The lowest BCUT2D eigenvalue weighted by Crippen LogP contribution is -2.58. The molecule has 3 aliphatic rings. The number of aromatic nitrogens is 3. The number of nitrogens with zero attached hydrogens (tertiary/aromatic N) is 6. The fourth-order valence-electron chi connectivity index (χ4n) is 9.03. The van der Waals surface area contributed by atoms with Crippen molar-refractivity contribution in [3.05, 3.63) is 88.8 Å². The maximum atomic E-state index is 14.2. The SMILES string of the molecule is Cc1ncsc1-c1ccc([C@H](C)NC(=O)[C@@H]2C[C@@H](O)CN2C(=O)[C@@H](NC(=O)CC2CCN(Cc3cccc(S(=O)(=O)N4CCC(Nc5ncc(C(F)(F)F)cn5)CC4)c3)CC2)C(C)(C)C)cc1. The molecule has 7 rings (SSSR count). The number of aliphatic hydroxyl groups is 1. The summed E-state index contributed by atoms with van der Waals surface area (Å²) in [5.74, 6) is -0.927. The lowest BCUT2D eigenvalue weighted by atomic mass is 9.85. The van der Waals surface area contributed by atoms with Gasteiger partial charge in [-0.05, 0) is 92.8 Å². The van der Waals surface area contributed by atoms with E-state index in [1.54, 1.807) is 29.5 Å². The zero-order chi connectivity index (χ0) is 48.3. The number of nitrogens with one attached hydrogen (secondary N) is 3. The number of anilines is 1. The van der Waals surface area contributed by atoms with E-state index in [0.717, 1.165) is 52.5 Å². The normalized spacial score (nSPS) is 20.3. The van der Waals surface area contributed by atoms with E-state index >= 15 is 0 Å². The van der Waals surface area contributed by atoms with Crippen molar-refractivity contribution in [2.45, 2.75) is 121 Å². The van der Waals surface area contributed by atoms with Crippen LogP contribution < -0.4 is 16.0 Å². The van der Waals surface area contributed by atoms with Gasteiger partial charge in [-0.2, -0.15) is 17.5 Å². The lowest BCUT2D eigenvalue weighted by Gasteiger charge is -2.36. The standard InChI is InChI=1S/C47H60F3N9O6S2/c1-29(33-9-11-34(12-10-33)41-30(2)53-28-66-41)54-43(62)39-23-37(60)27-59(39)44(63)42(46(3,4)5)56-40(61)22-31-13-17-57(18-14-31)26-32-7-6-8-38(21-32)67(64,65)58-19-15-36(16-20-58)55-45-51-24-35(25-52-45)47(48,49)50/h6-12,21,24-25,28-29,31,36-37,39,42,60H,13-20,22-23,26-27H2,1-5H3,(H,54,62)(H,56,61)(H,51,52,55)/t29-,37+,39-,42+/m0/s1. The van der Waals surface area contributed by atoms with Crippen molar-refractivity contribution < 1.29 is 41.1 Å². The number of carbonyl (C=O) groups is 3. The highest BCUT2D eigenvalue weighted by Gasteiger charge is 2.45. The fraction of sp³-hybridized carbons (Fsp3) is 0.532. The van der Waals surface area contributed by atoms with Crippen LogP contribution in [0.4, 0.5) is 19.1 Å². The molecule has 20 heteroatoms. The number of aryl methyl sites for hydroxylation is 1. The molecular weight excluding hydrogens is 908 g/mol. The first-order chi connectivity index (χ1) is 31.6. The Balaban J connectivity index is 0.876. The van der Waals surface area contributed by atoms with Crippen LogP contribution in [0.5, 0.6) is 0 Å². The lowest BCUT2D eigenvalue weighted by molar-refractivity contribution is -0.144. The molecule has 4 atom stereocenters. The number of amides is 3. The van der Waals surface area contributed by atoms with E-state index in [4.69, 9.17) is 0 Å². The van der Waals surface area contributed by atoms with Crippen LogP contribution in [0.2, 0.25) is 0 Å². The second kappa shape index (κ2) is 20.7. The van der Waals surface area contributed by atoms with Gasteiger partial charge in [-0.1, -0.05) is 57.2 Å². The molecule has 67 heavy (non-hydrogen) atoms. The van der Waals surface area contributed by atoms with Crippen LogP contribution in [0.1, 0.15) is 94.6 Å². The molecule has 2 aromatic heterocycles. The van der Waals surface area contributed by atoms with E-state index in [1.807, 2.05) is 70.5 Å². The van der Waals surface area contributed by atoms with Crippen LogP contribution in [0.15, 0.2) is 71.3 Å². The van der Waals surface area contributed by atoms with Gasteiger partial charge in [0.05, 0.1) is 38.7 Å². The highest BCUT2D eigenvalue weighted by atomic mass is 32.2. The highest BCUT2D eigenvalue weighted by molar-refractivity contribution is 7.89. The number of β-amino-alcohol motifs (C(OH)–C–C–N with tert-alkyl or cyclic N) is 1. The third-order valence-corrected chi connectivity index (χ3v) is 15.8. The smallest absolute Gasteiger partial charge is 0.391 e. The van der Waals surface area contributed by atoms with E-state index in [2.05, 4.69) is 35.8 Å². The predicted octanol–water partition coefficient (Wildman–Crippen LogP) is 6.16. The van der Waals surface area contributed by atoms with Crippen molar-refractivity contribution in [2.24, 2.45) is 11.3 Å². The maximum Gasteiger partial charge on any atom is 0.419 e. The minimum atomic E-state index is -4.54. The molecule has 4 aromatic rings. The summed E-state index contributed by atoms with van der Waals surface area (Å²) in [5.41, 5.74) is 3.89. The summed E-state index contributed by atoms with van der Waals surface area (Å²) in [6.07, 6.45) is -1.37. The molecule has 4 N–H and O–H groups in total. The van der Waals surface area contributed by atoms with E-state index in [-0.39, 0.29) is 73.1 Å². The van der Waals surface area contributed by atoms with Gasteiger partial charge in [0.1, 0.15) is 12.1 Å². The van der Waals surface area contributed by atoms with Crippen molar-refractivity contribution in [2.75, 3.05) is 38.0 Å². The minimum Gasteiger partial charge on any atom is -0.391 e. The second-order valence-electron chi connectivity index (χ2n) is 19.1. The van der Waals surface area contributed by atoms with Crippen molar-refractivity contribution in [1.82, 2.24) is 39.7 Å². The molecule has 0 saturated carbocycles. The average molecular weight is 968 g/mol. The number of piperidine rings is 2. The predicted molar refractivity (Wildman–Crippen MR) is 248 cm³/mol. The van der Waals surface area contributed by atoms with Crippen molar-refractivity contribution >= 4 is 45.0 Å². The number of carbonyl (C=O) groups excluding carboxylic acids is 3. The molecule has 0 radical (unpaired) electrons. The summed E-state index contributed by atoms with van der Waals surface area (Å²) in [5, 5.41) is 19.7. The first-order valence-electron chi connectivity index (χ1n) is 22.7. The van der Waals surface area contributed by atoms with E-state index in [9.17, 15) is 41.1 Å². The Kier molecular flexibility index (Phi) is 15.4. The molecule has 15 nitrogen and oxygen atoms in total. The number of benzene rings is 2. The largest absolute Gasteiger partial charge is 0.419 e. The Morgan fingerprint density at radius 3 is 2.21 bits per heavy atom. The fourth-order valence-corrected chi connectivity index (χ4v) is 11.4. The Bertz CT molecular complexity index is 2470. The third-order valence-electron chi connectivity index (χ3n) is 13.0. The number of hydrogen-bond acceptors (Lipinski definition) is 12. The van der Waals surface area contributed by atoms with Crippen LogP contribution in [-0.2, 0) is 37.1 Å². The summed E-state index contributed by atoms with van der Waals surface area (Å²) < 4.78 is 67.5. The summed E-state index contributed by atoms with van der Waals surface area (Å²) in [7, 11) is -3.81. The first kappa shape index (κ1) is 49.9. The molecule has 5 heterocycles. The topological polar surface area (TPSA) is 190 Å².